The molecule has 0 atom stereocenters. The lowest BCUT2D eigenvalue weighted by Gasteiger charge is -2.24. The summed E-state index contributed by atoms with van der Waals surface area (Å²) >= 11 is 0. The van der Waals surface area contributed by atoms with Crippen molar-refractivity contribution >= 4 is 34.2 Å². The van der Waals surface area contributed by atoms with Crippen LogP contribution in [0.1, 0.15) is 33.6 Å². The van der Waals surface area contributed by atoms with Gasteiger partial charge < -0.3 is 19.9 Å². The van der Waals surface area contributed by atoms with Crippen LogP contribution in [0.15, 0.2) is 77.0 Å². The molecule has 2 saturated heterocycles. The van der Waals surface area contributed by atoms with Crippen LogP contribution in [0.2, 0.25) is 0 Å². The maximum absolute atomic E-state index is 12.9. The van der Waals surface area contributed by atoms with E-state index in [-0.39, 0.29) is 5.91 Å². The van der Waals surface area contributed by atoms with Crippen LogP contribution < -0.4 is 15.1 Å². The molecule has 2 aliphatic rings. The number of hydrogen-bond donors (Lipinski definition) is 2. The van der Waals surface area contributed by atoms with E-state index >= 15 is 0 Å². The standard InChI is InChI=1S/C31H32N8O3/c40-30(23-7-10-26(11-8-23)39-14-1-2-15-39)33-25-9-12-27-28(21-25)35-29(34-27)22-3-5-24(6-4-22)31(41)36-37-32-13-16-38-17-19-42-20-18-38/h3-12,21H,1-2,13-20H2,(H,32,36,41)/p+1. The molecule has 214 valence electrons. The van der Waals surface area contributed by atoms with Crippen molar-refractivity contribution in [2.75, 3.05) is 62.7 Å². The highest BCUT2D eigenvalue weighted by molar-refractivity contribution is 6.05. The summed E-state index contributed by atoms with van der Waals surface area (Å²) in [7, 11) is 0. The van der Waals surface area contributed by atoms with Gasteiger partial charge in [0.05, 0.1) is 24.2 Å². The molecular formula is C31H33N8O3+. The van der Waals surface area contributed by atoms with Gasteiger partial charge in [0.15, 0.2) is 0 Å². The Morgan fingerprint density at radius 3 is 2.43 bits per heavy atom. The largest absolute Gasteiger partial charge is 0.379 e. The first kappa shape index (κ1) is 27.5. The molecule has 6 rings (SSSR count). The van der Waals surface area contributed by atoms with Gasteiger partial charge in [0.2, 0.25) is 10.0 Å². The maximum atomic E-state index is 12.9. The average molecular weight is 566 g/mol. The third-order valence-corrected chi connectivity index (χ3v) is 7.57. The van der Waals surface area contributed by atoms with Crippen LogP contribution in [0, 0.1) is 0 Å². The minimum Gasteiger partial charge on any atom is -0.379 e. The predicted molar refractivity (Wildman–Crippen MR) is 161 cm³/mol. The van der Waals surface area contributed by atoms with Crippen molar-refractivity contribution in [3.63, 3.8) is 0 Å². The SMILES string of the molecule is O=C(N=[N+]=NCCN1CCOCC1)c1ccc(-c2nc3cc(NC(=O)c4ccc(N5CCCC5)cc4)ccc3[nH]2)cc1. The zero-order chi connectivity index (χ0) is 28.7. The van der Waals surface area contributed by atoms with Crippen LogP contribution in [0.3, 0.4) is 0 Å². The topological polar surface area (TPSA) is 129 Å². The highest BCUT2D eigenvalue weighted by Gasteiger charge is 2.15. The van der Waals surface area contributed by atoms with E-state index in [1.54, 1.807) is 12.1 Å². The second-order valence-corrected chi connectivity index (χ2v) is 10.4. The number of carbonyl (C=O) groups excluding carboxylic acids is 2. The van der Waals surface area contributed by atoms with Crippen molar-refractivity contribution < 1.29 is 14.3 Å². The van der Waals surface area contributed by atoms with Gasteiger partial charge >= 0.3 is 5.91 Å². The van der Waals surface area contributed by atoms with Gasteiger partial charge in [0, 0.05) is 60.8 Å². The highest BCUT2D eigenvalue weighted by atomic mass is 16.5. The van der Waals surface area contributed by atoms with Gasteiger partial charge in [-0.2, -0.15) is 0 Å². The molecule has 0 aliphatic carbocycles. The van der Waals surface area contributed by atoms with Crippen LogP contribution in [-0.4, -0.2) is 79.2 Å². The van der Waals surface area contributed by atoms with E-state index in [4.69, 9.17) is 9.72 Å². The molecule has 0 radical (unpaired) electrons. The third-order valence-electron chi connectivity index (χ3n) is 7.57. The van der Waals surface area contributed by atoms with E-state index < -0.39 is 5.91 Å². The zero-order valence-corrected chi connectivity index (χ0v) is 23.3. The van der Waals surface area contributed by atoms with Crippen molar-refractivity contribution in [2.24, 2.45) is 10.2 Å². The van der Waals surface area contributed by atoms with Crippen molar-refractivity contribution in [1.82, 2.24) is 19.8 Å². The second-order valence-electron chi connectivity index (χ2n) is 10.4. The minimum atomic E-state index is -0.452. The summed E-state index contributed by atoms with van der Waals surface area (Å²) in [5, 5.41) is 10.7. The van der Waals surface area contributed by atoms with E-state index in [9.17, 15) is 9.59 Å². The number of H-pyrrole nitrogens is 1. The lowest BCUT2D eigenvalue weighted by Crippen LogP contribution is -2.37. The fraction of sp³-hybridized carbons (Fsp3) is 0.323. The number of aromatic nitrogens is 2. The number of fused-ring (bicyclic) bond motifs is 1. The fourth-order valence-corrected chi connectivity index (χ4v) is 5.18. The second kappa shape index (κ2) is 12.9. The molecule has 4 aromatic rings. The Kier molecular flexibility index (Phi) is 8.41. The number of morpholine rings is 1. The van der Waals surface area contributed by atoms with Gasteiger partial charge in [-0.1, -0.05) is 12.1 Å². The Labute approximate surface area is 243 Å². The van der Waals surface area contributed by atoms with Crippen LogP contribution in [0.25, 0.3) is 22.4 Å². The number of ether oxygens (including phenoxy) is 1. The van der Waals surface area contributed by atoms with Crippen molar-refractivity contribution in [1.29, 1.82) is 0 Å². The number of nitrogens with zero attached hydrogens (tertiary/aromatic N) is 6. The first-order chi connectivity index (χ1) is 20.6. The summed E-state index contributed by atoms with van der Waals surface area (Å²) < 4.78 is 5.33. The van der Waals surface area contributed by atoms with Crippen molar-refractivity contribution in [3.05, 3.63) is 77.9 Å². The van der Waals surface area contributed by atoms with E-state index in [1.165, 1.54) is 12.8 Å². The minimum absolute atomic E-state index is 0.166. The Morgan fingerprint density at radius 1 is 0.929 bits per heavy atom. The third kappa shape index (κ3) is 6.60. The maximum Gasteiger partial charge on any atom is 0.360 e. The number of amides is 2. The van der Waals surface area contributed by atoms with Crippen molar-refractivity contribution in [3.8, 4) is 11.4 Å². The lowest BCUT2D eigenvalue weighted by atomic mass is 10.1. The fourth-order valence-electron chi connectivity index (χ4n) is 5.18. The van der Waals surface area contributed by atoms with Crippen LogP contribution in [-0.2, 0) is 4.74 Å². The summed E-state index contributed by atoms with van der Waals surface area (Å²) in [6, 6.07) is 20.3. The molecule has 0 spiro atoms. The summed E-state index contributed by atoms with van der Waals surface area (Å²) in [4.78, 5) is 41.5. The molecule has 2 amide bonds. The first-order valence-electron chi connectivity index (χ1n) is 14.3. The quantitative estimate of drug-likeness (QED) is 0.239. The summed E-state index contributed by atoms with van der Waals surface area (Å²) in [5.41, 5.74) is 5.22. The number of anilines is 2. The lowest BCUT2D eigenvalue weighted by molar-refractivity contribution is 0.0392. The molecule has 0 saturated carbocycles. The van der Waals surface area contributed by atoms with Gasteiger partial charge in [-0.3, -0.25) is 14.5 Å². The molecule has 0 bridgehead atoms. The first-order valence-corrected chi connectivity index (χ1v) is 14.3. The molecule has 2 aliphatic heterocycles. The molecule has 11 nitrogen and oxygen atoms in total. The summed E-state index contributed by atoms with van der Waals surface area (Å²) in [6.07, 6.45) is 2.43. The molecule has 1 aromatic heterocycles. The van der Waals surface area contributed by atoms with E-state index in [0.29, 0.717) is 29.2 Å². The smallest absolute Gasteiger partial charge is 0.360 e. The molecular weight excluding hydrogens is 532 g/mol. The van der Waals surface area contributed by atoms with Gasteiger partial charge in [-0.05, 0) is 67.4 Å². The normalized spacial score (nSPS) is 15.4. The summed E-state index contributed by atoms with van der Waals surface area (Å²) in [6.45, 7) is 6.62. The Morgan fingerprint density at radius 2 is 1.67 bits per heavy atom. The Hall–Kier alpha value is -4.70. The van der Waals surface area contributed by atoms with Gasteiger partial charge in [-0.15, -0.1) is 0 Å². The highest BCUT2D eigenvalue weighted by Crippen LogP contribution is 2.25. The Balaban J connectivity index is 1.06. The monoisotopic (exact) mass is 565 g/mol. The van der Waals surface area contributed by atoms with Crippen molar-refractivity contribution in [2.45, 2.75) is 12.8 Å². The molecule has 0 unspecified atom stereocenters. The van der Waals surface area contributed by atoms with Crippen LogP contribution in [0.4, 0.5) is 11.4 Å². The van der Waals surface area contributed by atoms with Crippen LogP contribution >= 0.6 is 0 Å². The van der Waals surface area contributed by atoms with Crippen LogP contribution in [0.5, 0.6) is 0 Å². The predicted octanol–water partition coefficient (Wildman–Crippen LogP) is 4.53. The average Bonchev–Trinajstić information content (AvgIpc) is 3.72. The summed E-state index contributed by atoms with van der Waals surface area (Å²) in [5.74, 6) is 0.0393. The molecule has 3 aromatic carbocycles. The zero-order valence-electron chi connectivity index (χ0n) is 23.3. The molecule has 3 heterocycles. The molecule has 2 fully saturated rings. The van der Waals surface area contributed by atoms with Gasteiger partial charge in [0.1, 0.15) is 17.5 Å². The number of carbonyl (C=O) groups is 2. The number of nitrogens with one attached hydrogen (secondary N) is 2. The molecule has 42 heavy (non-hydrogen) atoms. The number of imidazole rings is 1. The van der Waals surface area contributed by atoms with Gasteiger partial charge in [0.25, 0.3) is 5.91 Å². The van der Waals surface area contributed by atoms with E-state index in [0.717, 1.165) is 68.2 Å². The number of aromatic amines is 1. The molecule has 11 heteroatoms. The van der Waals surface area contributed by atoms with E-state index in [1.807, 2.05) is 54.6 Å². The number of benzene rings is 3. The van der Waals surface area contributed by atoms with Gasteiger partial charge in [-0.25, -0.2) is 4.98 Å². The van der Waals surface area contributed by atoms with E-state index in [2.05, 4.69) is 35.2 Å². The number of rotatable bonds is 8. The number of hydrogen-bond acceptors (Lipinski definition) is 7. The Bertz CT molecular complexity index is 1610. The molecule has 2 N–H and O–H groups in total.